The van der Waals surface area contributed by atoms with Crippen molar-refractivity contribution in [3.05, 3.63) is 30.1 Å². The summed E-state index contributed by atoms with van der Waals surface area (Å²) < 4.78 is 16.2. The zero-order valence-corrected chi connectivity index (χ0v) is 11.8. The molecule has 0 amide bonds. The van der Waals surface area contributed by atoms with E-state index in [0.29, 0.717) is 24.9 Å². The van der Waals surface area contributed by atoms with Crippen LogP contribution in [0.1, 0.15) is 31.7 Å². The zero-order chi connectivity index (χ0) is 15.0. The maximum atomic E-state index is 14.3. The van der Waals surface area contributed by atoms with Crippen LogP contribution in [0.25, 0.3) is 11.0 Å². The molecule has 2 aromatic rings. The van der Waals surface area contributed by atoms with Crippen molar-refractivity contribution in [1.82, 2.24) is 9.55 Å². The third-order valence-corrected chi connectivity index (χ3v) is 4.32. The Balaban J connectivity index is 1.97. The average molecular weight is 285 g/mol. The van der Waals surface area contributed by atoms with Crippen molar-refractivity contribution in [3.63, 3.8) is 0 Å². The number of carbonyl (C=O) groups is 1. The Kier molecular flexibility index (Phi) is 3.25. The molecule has 1 saturated carbocycles. The van der Waals surface area contributed by atoms with E-state index in [1.807, 2.05) is 11.5 Å². The number of alkyl halides is 1. The third kappa shape index (κ3) is 2.42. The number of carbonyl (C=O) groups excluding carboxylic acids is 1. The molecule has 0 N–H and O–H groups in total. The van der Waals surface area contributed by atoms with Crippen molar-refractivity contribution in [3.8, 4) is 6.07 Å². The van der Waals surface area contributed by atoms with E-state index in [1.165, 1.54) is 0 Å². The predicted molar refractivity (Wildman–Crippen MR) is 76.3 cm³/mol. The van der Waals surface area contributed by atoms with Crippen LogP contribution in [0.15, 0.2) is 24.5 Å². The highest BCUT2D eigenvalue weighted by Crippen LogP contribution is 2.38. The Labute approximate surface area is 122 Å². The van der Waals surface area contributed by atoms with Gasteiger partial charge in [0.25, 0.3) is 0 Å². The standard InChI is InChI=1S/C16H16FN3O/c1-16(7-12(21)3-5-15(16)17)9-20-10-19-13-4-2-11(8-18)6-14(13)20/h2,4,6,10,15H,3,5,7,9H2,1H3/t15-,16-/m0/s1. The molecule has 0 bridgehead atoms. The lowest BCUT2D eigenvalue weighted by atomic mass is 9.73. The van der Waals surface area contributed by atoms with E-state index in [0.717, 1.165) is 11.0 Å². The molecule has 2 atom stereocenters. The van der Waals surface area contributed by atoms with E-state index < -0.39 is 11.6 Å². The Morgan fingerprint density at radius 3 is 3.14 bits per heavy atom. The van der Waals surface area contributed by atoms with Gasteiger partial charge in [0, 0.05) is 24.8 Å². The lowest BCUT2D eigenvalue weighted by Gasteiger charge is -2.36. The van der Waals surface area contributed by atoms with Crippen LogP contribution in [0, 0.1) is 16.7 Å². The van der Waals surface area contributed by atoms with E-state index in [9.17, 15) is 9.18 Å². The molecule has 1 aliphatic carbocycles. The first-order chi connectivity index (χ1) is 10.0. The molecule has 0 radical (unpaired) electrons. The molecule has 108 valence electrons. The fourth-order valence-corrected chi connectivity index (χ4v) is 3.08. The number of imidazole rings is 1. The van der Waals surface area contributed by atoms with Crippen LogP contribution in [0.4, 0.5) is 4.39 Å². The van der Waals surface area contributed by atoms with Crippen LogP contribution in [0.3, 0.4) is 0 Å². The maximum absolute atomic E-state index is 14.3. The molecule has 0 unspecified atom stereocenters. The molecular weight excluding hydrogens is 269 g/mol. The molecule has 1 fully saturated rings. The maximum Gasteiger partial charge on any atom is 0.133 e. The third-order valence-electron chi connectivity index (χ3n) is 4.32. The van der Waals surface area contributed by atoms with Gasteiger partial charge in [0.05, 0.1) is 29.0 Å². The molecule has 1 aromatic heterocycles. The lowest BCUT2D eigenvalue weighted by molar-refractivity contribution is -0.126. The Hall–Kier alpha value is -2.22. The smallest absolute Gasteiger partial charge is 0.133 e. The number of rotatable bonds is 2. The number of halogens is 1. The van der Waals surface area contributed by atoms with Gasteiger partial charge >= 0.3 is 0 Å². The first-order valence-electron chi connectivity index (χ1n) is 7.02. The highest BCUT2D eigenvalue weighted by Gasteiger charge is 2.40. The van der Waals surface area contributed by atoms with Gasteiger partial charge in [-0.15, -0.1) is 0 Å². The predicted octanol–water partition coefficient (Wildman–Crippen LogP) is 3.01. The van der Waals surface area contributed by atoms with Gasteiger partial charge in [-0.1, -0.05) is 6.92 Å². The fourth-order valence-electron chi connectivity index (χ4n) is 3.08. The number of fused-ring (bicyclic) bond motifs is 1. The molecule has 21 heavy (non-hydrogen) atoms. The molecule has 0 saturated heterocycles. The molecule has 4 nitrogen and oxygen atoms in total. The van der Waals surface area contributed by atoms with Gasteiger partial charge in [-0.05, 0) is 24.6 Å². The summed E-state index contributed by atoms with van der Waals surface area (Å²) in [6, 6.07) is 7.34. The van der Waals surface area contributed by atoms with Gasteiger partial charge in [-0.2, -0.15) is 5.26 Å². The second-order valence-electron chi connectivity index (χ2n) is 6.06. The molecule has 1 aliphatic rings. The number of hydrogen-bond donors (Lipinski definition) is 0. The summed E-state index contributed by atoms with van der Waals surface area (Å²) in [5, 5.41) is 8.99. The minimum Gasteiger partial charge on any atom is -0.330 e. The summed E-state index contributed by atoms with van der Waals surface area (Å²) in [7, 11) is 0. The lowest BCUT2D eigenvalue weighted by Crippen LogP contribution is -2.39. The minimum absolute atomic E-state index is 0.119. The van der Waals surface area contributed by atoms with Crippen molar-refractivity contribution >= 4 is 16.8 Å². The first kappa shape index (κ1) is 13.7. The normalized spacial score (nSPS) is 26.0. The van der Waals surface area contributed by atoms with Gasteiger partial charge in [-0.3, -0.25) is 4.79 Å². The highest BCUT2D eigenvalue weighted by atomic mass is 19.1. The number of benzene rings is 1. The zero-order valence-electron chi connectivity index (χ0n) is 11.8. The number of nitriles is 1. The monoisotopic (exact) mass is 285 g/mol. The average Bonchev–Trinajstić information content (AvgIpc) is 2.85. The molecule has 1 heterocycles. The summed E-state index contributed by atoms with van der Waals surface area (Å²) in [6.45, 7) is 2.21. The molecular formula is C16H16FN3O. The van der Waals surface area contributed by atoms with E-state index in [-0.39, 0.29) is 12.2 Å². The van der Waals surface area contributed by atoms with Crippen molar-refractivity contribution in [2.45, 2.75) is 38.9 Å². The van der Waals surface area contributed by atoms with Crippen LogP contribution in [0.2, 0.25) is 0 Å². The van der Waals surface area contributed by atoms with Crippen LogP contribution in [-0.2, 0) is 11.3 Å². The topological polar surface area (TPSA) is 58.7 Å². The number of ketones is 1. The number of Topliss-reactive ketones (excluding diaryl/α,β-unsaturated/α-hetero) is 1. The molecule has 0 aliphatic heterocycles. The second kappa shape index (κ2) is 4.96. The Morgan fingerprint density at radius 1 is 1.57 bits per heavy atom. The molecule has 3 rings (SSSR count). The van der Waals surface area contributed by atoms with Gasteiger partial charge in [-0.25, -0.2) is 9.37 Å². The van der Waals surface area contributed by atoms with Crippen LogP contribution in [-0.4, -0.2) is 21.5 Å². The molecule has 1 aromatic carbocycles. The largest absolute Gasteiger partial charge is 0.330 e. The van der Waals surface area contributed by atoms with E-state index in [1.54, 1.807) is 24.5 Å². The van der Waals surface area contributed by atoms with Gasteiger partial charge < -0.3 is 4.57 Å². The first-order valence-corrected chi connectivity index (χ1v) is 7.02. The summed E-state index contributed by atoms with van der Waals surface area (Å²) in [6.07, 6.45) is 1.55. The Bertz CT molecular complexity index is 746. The van der Waals surface area contributed by atoms with Gasteiger partial charge in [0.2, 0.25) is 0 Å². The number of hydrogen-bond acceptors (Lipinski definition) is 3. The van der Waals surface area contributed by atoms with Crippen LogP contribution in [0.5, 0.6) is 0 Å². The second-order valence-corrected chi connectivity index (χ2v) is 6.06. The summed E-state index contributed by atoms with van der Waals surface area (Å²) in [5.74, 6) is 0.119. The molecule has 0 spiro atoms. The summed E-state index contributed by atoms with van der Waals surface area (Å²) in [5.41, 5.74) is 1.42. The van der Waals surface area contributed by atoms with Crippen LogP contribution < -0.4 is 0 Å². The van der Waals surface area contributed by atoms with E-state index in [4.69, 9.17) is 5.26 Å². The van der Waals surface area contributed by atoms with Gasteiger partial charge in [0.15, 0.2) is 0 Å². The quantitative estimate of drug-likeness (QED) is 0.852. The Morgan fingerprint density at radius 2 is 2.38 bits per heavy atom. The van der Waals surface area contributed by atoms with Crippen molar-refractivity contribution in [2.75, 3.05) is 0 Å². The fraction of sp³-hybridized carbons (Fsp3) is 0.438. The summed E-state index contributed by atoms with van der Waals surface area (Å²) in [4.78, 5) is 16.0. The van der Waals surface area contributed by atoms with Crippen molar-refractivity contribution < 1.29 is 9.18 Å². The van der Waals surface area contributed by atoms with Gasteiger partial charge in [0.1, 0.15) is 12.0 Å². The van der Waals surface area contributed by atoms with Crippen molar-refractivity contribution in [2.24, 2.45) is 5.41 Å². The SMILES string of the molecule is C[C@@]1(Cn2cnc3ccc(C#N)cc32)CC(=O)CC[C@@H]1F. The summed E-state index contributed by atoms with van der Waals surface area (Å²) >= 11 is 0. The van der Waals surface area contributed by atoms with Crippen LogP contribution >= 0.6 is 0 Å². The van der Waals surface area contributed by atoms with E-state index in [2.05, 4.69) is 11.1 Å². The number of nitrogens with zero attached hydrogens (tertiary/aromatic N) is 3. The highest BCUT2D eigenvalue weighted by molar-refractivity contribution is 5.80. The van der Waals surface area contributed by atoms with Crippen molar-refractivity contribution in [1.29, 1.82) is 5.26 Å². The number of aromatic nitrogens is 2. The molecule has 5 heteroatoms. The van der Waals surface area contributed by atoms with E-state index >= 15 is 0 Å². The minimum atomic E-state index is -0.994.